The molecule has 1 fully saturated rings. The first-order chi connectivity index (χ1) is 7.45. The molecule has 0 saturated heterocycles. The van der Waals surface area contributed by atoms with Crippen LogP contribution in [0.25, 0.3) is 0 Å². The van der Waals surface area contributed by atoms with Gasteiger partial charge in [-0.05, 0) is 42.6 Å². The Labute approximate surface area is 99.3 Å². The normalized spacial score (nSPS) is 39.6. The van der Waals surface area contributed by atoms with Gasteiger partial charge >= 0.3 is 0 Å². The average Bonchev–Trinajstić information content (AvgIpc) is 2.15. The molecule has 1 saturated carbocycles. The molecule has 90 valence electrons. The van der Waals surface area contributed by atoms with Crippen LogP contribution in [0.1, 0.15) is 46.5 Å². The zero-order valence-corrected chi connectivity index (χ0v) is 10.8. The summed E-state index contributed by atoms with van der Waals surface area (Å²) >= 11 is 0. The summed E-state index contributed by atoms with van der Waals surface area (Å²) in [7, 11) is 0. The van der Waals surface area contributed by atoms with Crippen molar-refractivity contribution in [2.24, 2.45) is 17.8 Å². The van der Waals surface area contributed by atoms with Crippen LogP contribution in [0.5, 0.6) is 0 Å². The molecule has 0 spiro atoms. The van der Waals surface area contributed by atoms with Gasteiger partial charge in [-0.3, -0.25) is 0 Å². The second-order valence-corrected chi connectivity index (χ2v) is 6.02. The Morgan fingerprint density at radius 2 is 2.19 bits per heavy atom. The molecule has 0 heterocycles. The fraction of sp³-hybridized carbons (Fsp3) is 0.733. The largest absolute Gasteiger partial charge is 0.385 e. The van der Waals surface area contributed by atoms with Crippen molar-refractivity contribution < 1.29 is 5.11 Å². The van der Waals surface area contributed by atoms with Gasteiger partial charge in [0.15, 0.2) is 0 Å². The van der Waals surface area contributed by atoms with E-state index < -0.39 is 5.60 Å². The monoisotopic (exact) mass is 220 g/mol. The third kappa shape index (κ3) is 1.75. The van der Waals surface area contributed by atoms with Gasteiger partial charge in [-0.25, -0.2) is 0 Å². The summed E-state index contributed by atoms with van der Waals surface area (Å²) in [6.45, 7) is 10.7. The molecular weight excluding hydrogens is 196 g/mol. The molecule has 0 bridgehead atoms. The average molecular weight is 220 g/mol. The Morgan fingerprint density at radius 3 is 2.81 bits per heavy atom. The summed E-state index contributed by atoms with van der Waals surface area (Å²) in [4.78, 5) is 0. The van der Waals surface area contributed by atoms with Gasteiger partial charge in [-0.15, -0.1) is 0 Å². The molecule has 2 aliphatic carbocycles. The van der Waals surface area contributed by atoms with Crippen LogP contribution in [-0.4, -0.2) is 10.7 Å². The number of rotatable bonds is 1. The van der Waals surface area contributed by atoms with Gasteiger partial charge in [0, 0.05) is 6.42 Å². The predicted molar refractivity (Wildman–Crippen MR) is 68.1 cm³/mol. The molecular formula is C15H24O. The van der Waals surface area contributed by atoms with E-state index in [0.29, 0.717) is 17.8 Å². The quantitative estimate of drug-likeness (QED) is 0.668. The van der Waals surface area contributed by atoms with Crippen molar-refractivity contribution >= 4 is 0 Å². The van der Waals surface area contributed by atoms with Crippen LogP contribution in [0.4, 0.5) is 0 Å². The van der Waals surface area contributed by atoms with Crippen molar-refractivity contribution in [3.05, 3.63) is 23.8 Å². The molecule has 0 aromatic carbocycles. The van der Waals surface area contributed by atoms with E-state index in [1.165, 1.54) is 11.1 Å². The molecule has 1 heteroatoms. The SMILES string of the molecule is C=C1CCC2C(C)CC=C(C(C)C)C2(O)C1. The summed E-state index contributed by atoms with van der Waals surface area (Å²) in [5.41, 5.74) is 1.90. The van der Waals surface area contributed by atoms with E-state index in [9.17, 15) is 5.11 Å². The van der Waals surface area contributed by atoms with Crippen LogP contribution in [0.3, 0.4) is 0 Å². The van der Waals surface area contributed by atoms with E-state index in [4.69, 9.17) is 0 Å². The van der Waals surface area contributed by atoms with Crippen LogP contribution in [0.15, 0.2) is 23.8 Å². The topological polar surface area (TPSA) is 20.2 Å². The van der Waals surface area contributed by atoms with E-state index >= 15 is 0 Å². The van der Waals surface area contributed by atoms with Gasteiger partial charge in [-0.2, -0.15) is 0 Å². The maximum Gasteiger partial charge on any atom is 0.0926 e. The molecule has 3 atom stereocenters. The maximum absolute atomic E-state index is 11.0. The standard InChI is InChI=1S/C15H24O/c1-10(2)13-8-6-12(4)14-7-5-11(3)9-15(13,14)16/h8,10,12,14,16H,3,5-7,9H2,1-2,4H3. The third-order valence-electron chi connectivity index (χ3n) is 4.46. The second-order valence-electron chi connectivity index (χ2n) is 6.02. The molecule has 1 nitrogen and oxygen atoms in total. The molecule has 2 aliphatic rings. The predicted octanol–water partition coefficient (Wildman–Crippen LogP) is 3.70. The van der Waals surface area contributed by atoms with Crippen molar-refractivity contribution in [2.45, 2.75) is 52.1 Å². The van der Waals surface area contributed by atoms with E-state index in [-0.39, 0.29) is 0 Å². The molecule has 0 aromatic rings. The van der Waals surface area contributed by atoms with Gasteiger partial charge in [-0.1, -0.05) is 39.0 Å². The third-order valence-corrected chi connectivity index (χ3v) is 4.46. The first-order valence-electron chi connectivity index (χ1n) is 6.54. The van der Waals surface area contributed by atoms with Crippen LogP contribution in [0, 0.1) is 17.8 Å². The molecule has 1 N–H and O–H groups in total. The lowest BCUT2D eigenvalue weighted by molar-refractivity contribution is -0.0363. The molecule has 3 unspecified atom stereocenters. The van der Waals surface area contributed by atoms with Crippen LogP contribution >= 0.6 is 0 Å². The maximum atomic E-state index is 11.0. The molecule has 0 aliphatic heterocycles. The van der Waals surface area contributed by atoms with Crippen LogP contribution < -0.4 is 0 Å². The lowest BCUT2D eigenvalue weighted by Crippen LogP contribution is -2.49. The zero-order valence-electron chi connectivity index (χ0n) is 10.8. The zero-order chi connectivity index (χ0) is 11.9. The lowest BCUT2D eigenvalue weighted by atomic mass is 9.60. The number of hydrogen-bond donors (Lipinski definition) is 1. The molecule has 0 radical (unpaired) electrons. The number of hydrogen-bond acceptors (Lipinski definition) is 1. The van der Waals surface area contributed by atoms with E-state index in [2.05, 4.69) is 33.4 Å². The fourth-order valence-electron chi connectivity index (χ4n) is 3.66. The van der Waals surface area contributed by atoms with Crippen molar-refractivity contribution in [3.63, 3.8) is 0 Å². The summed E-state index contributed by atoms with van der Waals surface area (Å²) in [5.74, 6) is 1.51. The van der Waals surface area contributed by atoms with Crippen molar-refractivity contribution in [1.29, 1.82) is 0 Å². The Bertz CT molecular complexity index is 326. The Kier molecular flexibility index (Phi) is 3.00. The highest BCUT2D eigenvalue weighted by Crippen LogP contribution is 2.50. The first kappa shape index (κ1) is 11.9. The number of allylic oxidation sites excluding steroid dienone is 1. The van der Waals surface area contributed by atoms with Gasteiger partial charge in [0.05, 0.1) is 5.60 Å². The fourth-order valence-corrected chi connectivity index (χ4v) is 3.66. The van der Waals surface area contributed by atoms with Crippen LogP contribution in [-0.2, 0) is 0 Å². The van der Waals surface area contributed by atoms with Gasteiger partial charge in [0.1, 0.15) is 0 Å². The van der Waals surface area contributed by atoms with Gasteiger partial charge in [0.2, 0.25) is 0 Å². The van der Waals surface area contributed by atoms with Crippen LogP contribution in [0.2, 0.25) is 0 Å². The first-order valence-corrected chi connectivity index (χ1v) is 6.54. The van der Waals surface area contributed by atoms with Crippen molar-refractivity contribution in [2.75, 3.05) is 0 Å². The molecule has 0 aromatic heterocycles. The molecule has 16 heavy (non-hydrogen) atoms. The Balaban J connectivity index is 2.38. The second kappa shape index (κ2) is 4.03. The minimum Gasteiger partial charge on any atom is -0.385 e. The highest BCUT2D eigenvalue weighted by Gasteiger charge is 2.47. The summed E-state index contributed by atoms with van der Waals surface area (Å²) in [6.07, 6.45) is 6.41. The van der Waals surface area contributed by atoms with E-state index in [0.717, 1.165) is 25.7 Å². The van der Waals surface area contributed by atoms with Crippen molar-refractivity contribution in [3.8, 4) is 0 Å². The van der Waals surface area contributed by atoms with Gasteiger partial charge in [0.25, 0.3) is 0 Å². The van der Waals surface area contributed by atoms with E-state index in [1.807, 2.05) is 0 Å². The molecule has 2 rings (SSSR count). The van der Waals surface area contributed by atoms with Crippen molar-refractivity contribution in [1.82, 2.24) is 0 Å². The smallest absolute Gasteiger partial charge is 0.0926 e. The number of aliphatic hydroxyl groups is 1. The Morgan fingerprint density at radius 1 is 1.50 bits per heavy atom. The highest BCUT2D eigenvalue weighted by atomic mass is 16.3. The minimum absolute atomic E-state index is 0.445. The highest BCUT2D eigenvalue weighted by molar-refractivity contribution is 5.29. The number of fused-ring (bicyclic) bond motifs is 1. The summed E-state index contributed by atoms with van der Waals surface area (Å²) in [5, 5.41) is 11.0. The minimum atomic E-state index is -0.582. The Hall–Kier alpha value is -0.560. The lowest BCUT2D eigenvalue weighted by Gasteiger charge is -2.49. The summed E-state index contributed by atoms with van der Waals surface area (Å²) < 4.78 is 0. The van der Waals surface area contributed by atoms with Gasteiger partial charge < -0.3 is 5.11 Å². The summed E-state index contributed by atoms with van der Waals surface area (Å²) in [6, 6.07) is 0. The molecule has 0 amide bonds. The van der Waals surface area contributed by atoms with E-state index in [1.54, 1.807) is 0 Å².